The molecule has 1 atom stereocenters. The average Bonchev–Trinajstić information content (AvgIpc) is 2.71. The predicted octanol–water partition coefficient (Wildman–Crippen LogP) is 2.37. The highest BCUT2D eigenvalue weighted by Gasteiger charge is 2.32. The van der Waals surface area contributed by atoms with Crippen LogP contribution in [0.1, 0.15) is 13.3 Å². The van der Waals surface area contributed by atoms with Gasteiger partial charge in [-0.05, 0) is 43.1 Å². The number of nitrogens with zero attached hydrogens (tertiary/aromatic N) is 1. The molecule has 0 radical (unpaired) electrons. The molecule has 0 saturated carbocycles. The molecule has 1 fully saturated rings. The topological polar surface area (TPSA) is 58.4 Å². The first kappa shape index (κ1) is 17.2. The Balaban J connectivity index is 0.00000200. The molecule has 1 heterocycles. The Labute approximate surface area is 131 Å². The summed E-state index contributed by atoms with van der Waals surface area (Å²) in [5.41, 5.74) is 6.64. The number of benzene rings is 1. The van der Waals surface area contributed by atoms with Crippen LogP contribution in [0.3, 0.4) is 0 Å². The summed E-state index contributed by atoms with van der Waals surface area (Å²) in [4.78, 5) is 14.1. The summed E-state index contributed by atoms with van der Waals surface area (Å²) in [6.07, 6.45) is 1.05. The molecule has 20 heavy (non-hydrogen) atoms. The summed E-state index contributed by atoms with van der Waals surface area (Å²) in [6.45, 7) is 5.05. The van der Waals surface area contributed by atoms with Gasteiger partial charge in [0.25, 0.3) is 0 Å². The molecule has 0 aliphatic carbocycles. The molecule has 6 heteroatoms. The van der Waals surface area contributed by atoms with Crippen molar-refractivity contribution in [2.45, 2.75) is 13.3 Å². The van der Waals surface area contributed by atoms with E-state index in [0.29, 0.717) is 18.1 Å². The van der Waals surface area contributed by atoms with E-state index >= 15 is 0 Å². The maximum absolute atomic E-state index is 12.0. The van der Waals surface area contributed by atoms with E-state index in [0.717, 1.165) is 25.2 Å². The van der Waals surface area contributed by atoms with Crippen molar-refractivity contribution >= 4 is 35.6 Å². The Morgan fingerprint density at radius 2 is 2.30 bits per heavy atom. The fourth-order valence-corrected chi connectivity index (χ4v) is 2.59. The smallest absolute Gasteiger partial charge is 0.238 e. The lowest BCUT2D eigenvalue weighted by atomic mass is 9.90. The van der Waals surface area contributed by atoms with E-state index in [1.807, 2.05) is 12.1 Å². The minimum Gasteiger partial charge on any atom is -0.330 e. The van der Waals surface area contributed by atoms with E-state index in [2.05, 4.69) is 17.1 Å². The molecule has 1 amide bonds. The molecule has 1 unspecified atom stereocenters. The molecular formula is C14H21Cl2N3O. The summed E-state index contributed by atoms with van der Waals surface area (Å²) in [5.74, 6) is -0.0106. The van der Waals surface area contributed by atoms with Gasteiger partial charge in [-0.3, -0.25) is 9.69 Å². The van der Waals surface area contributed by atoms with Crippen molar-refractivity contribution in [1.82, 2.24) is 4.90 Å². The van der Waals surface area contributed by atoms with Crippen molar-refractivity contribution in [3.63, 3.8) is 0 Å². The van der Waals surface area contributed by atoms with Crippen LogP contribution in [0.4, 0.5) is 5.69 Å². The van der Waals surface area contributed by atoms with Gasteiger partial charge in [0.05, 0.1) is 6.54 Å². The second kappa shape index (κ2) is 7.27. The number of nitrogens with two attached hydrogens (primary N) is 1. The number of amides is 1. The van der Waals surface area contributed by atoms with Crippen molar-refractivity contribution in [2.75, 3.05) is 31.5 Å². The van der Waals surface area contributed by atoms with Crippen molar-refractivity contribution in [1.29, 1.82) is 0 Å². The maximum atomic E-state index is 12.0. The van der Waals surface area contributed by atoms with Gasteiger partial charge in [-0.25, -0.2) is 0 Å². The van der Waals surface area contributed by atoms with Crippen LogP contribution in [0.5, 0.6) is 0 Å². The number of hydrogen-bond acceptors (Lipinski definition) is 3. The summed E-state index contributed by atoms with van der Waals surface area (Å²) in [5, 5.41) is 3.48. The summed E-state index contributed by atoms with van der Waals surface area (Å²) >= 11 is 5.88. The van der Waals surface area contributed by atoms with Gasteiger partial charge in [-0.2, -0.15) is 0 Å². The van der Waals surface area contributed by atoms with Crippen molar-refractivity contribution in [2.24, 2.45) is 11.1 Å². The summed E-state index contributed by atoms with van der Waals surface area (Å²) in [6, 6.07) is 7.18. The molecule has 0 bridgehead atoms. The quantitative estimate of drug-likeness (QED) is 0.896. The van der Waals surface area contributed by atoms with Crippen LogP contribution in [0, 0.1) is 5.41 Å². The summed E-state index contributed by atoms with van der Waals surface area (Å²) < 4.78 is 0. The normalized spacial score (nSPS) is 22.4. The standard InChI is InChI=1S/C14H20ClN3O.ClH/c1-14(9-16)5-6-18(10-14)8-13(19)17-12-4-2-3-11(15)7-12;/h2-4,7H,5-6,8-10,16H2,1H3,(H,17,19);1H. The van der Waals surface area contributed by atoms with E-state index in [4.69, 9.17) is 17.3 Å². The number of carbonyl (C=O) groups is 1. The molecular weight excluding hydrogens is 297 g/mol. The van der Waals surface area contributed by atoms with Crippen LogP contribution in [-0.2, 0) is 4.79 Å². The van der Waals surface area contributed by atoms with E-state index < -0.39 is 0 Å². The Kier molecular flexibility index (Phi) is 6.27. The van der Waals surface area contributed by atoms with Crippen molar-refractivity contribution in [3.8, 4) is 0 Å². The van der Waals surface area contributed by atoms with Gasteiger partial charge in [0.15, 0.2) is 0 Å². The Morgan fingerprint density at radius 1 is 1.55 bits per heavy atom. The largest absolute Gasteiger partial charge is 0.330 e. The minimum atomic E-state index is -0.0106. The lowest BCUT2D eigenvalue weighted by Crippen LogP contribution is -2.35. The number of halogens is 2. The second-order valence-corrected chi connectivity index (χ2v) is 5.97. The Hall–Kier alpha value is -0.810. The molecule has 4 nitrogen and oxygen atoms in total. The van der Waals surface area contributed by atoms with Gasteiger partial charge in [0, 0.05) is 17.3 Å². The Morgan fingerprint density at radius 3 is 2.90 bits per heavy atom. The first-order valence-electron chi connectivity index (χ1n) is 6.49. The van der Waals surface area contributed by atoms with Gasteiger partial charge in [0.1, 0.15) is 0 Å². The predicted molar refractivity (Wildman–Crippen MR) is 85.5 cm³/mol. The van der Waals surface area contributed by atoms with Crippen LogP contribution in [0.2, 0.25) is 5.02 Å². The second-order valence-electron chi connectivity index (χ2n) is 5.53. The zero-order valence-electron chi connectivity index (χ0n) is 11.6. The third-order valence-electron chi connectivity index (χ3n) is 3.61. The number of likely N-dealkylation sites (tertiary alicyclic amines) is 1. The zero-order valence-corrected chi connectivity index (χ0v) is 13.1. The molecule has 1 aromatic carbocycles. The number of rotatable bonds is 4. The molecule has 1 aliphatic rings. The maximum Gasteiger partial charge on any atom is 0.238 e. The van der Waals surface area contributed by atoms with Crippen molar-refractivity contribution in [3.05, 3.63) is 29.3 Å². The van der Waals surface area contributed by atoms with E-state index in [-0.39, 0.29) is 23.7 Å². The molecule has 1 aromatic rings. The van der Waals surface area contributed by atoms with Crippen LogP contribution in [0.25, 0.3) is 0 Å². The molecule has 0 aromatic heterocycles. The number of anilines is 1. The number of nitrogens with one attached hydrogen (secondary N) is 1. The van der Waals surface area contributed by atoms with Gasteiger partial charge in [-0.1, -0.05) is 24.6 Å². The van der Waals surface area contributed by atoms with E-state index in [1.54, 1.807) is 12.1 Å². The third kappa shape index (κ3) is 4.63. The fraction of sp³-hybridized carbons (Fsp3) is 0.500. The molecule has 3 N–H and O–H groups in total. The van der Waals surface area contributed by atoms with E-state index in [1.165, 1.54) is 0 Å². The first-order valence-corrected chi connectivity index (χ1v) is 6.86. The number of hydrogen-bond donors (Lipinski definition) is 2. The highest BCUT2D eigenvalue weighted by Crippen LogP contribution is 2.28. The zero-order chi connectivity index (χ0) is 13.9. The lowest BCUT2D eigenvalue weighted by molar-refractivity contribution is -0.117. The number of carbonyl (C=O) groups excluding carboxylic acids is 1. The van der Waals surface area contributed by atoms with Crippen LogP contribution in [-0.4, -0.2) is 37.0 Å². The van der Waals surface area contributed by atoms with E-state index in [9.17, 15) is 4.79 Å². The lowest BCUT2D eigenvalue weighted by Gasteiger charge is -2.22. The van der Waals surface area contributed by atoms with Crippen LogP contribution >= 0.6 is 24.0 Å². The average molecular weight is 318 g/mol. The van der Waals surface area contributed by atoms with Gasteiger partial charge < -0.3 is 11.1 Å². The molecule has 2 rings (SSSR count). The van der Waals surface area contributed by atoms with Gasteiger partial charge >= 0.3 is 0 Å². The fourth-order valence-electron chi connectivity index (χ4n) is 2.40. The molecule has 1 aliphatic heterocycles. The molecule has 0 spiro atoms. The third-order valence-corrected chi connectivity index (χ3v) is 3.84. The highest BCUT2D eigenvalue weighted by atomic mass is 35.5. The van der Waals surface area contributed by atoms with Crippen LogP contribution in [0.15, 0.2) is 24.3 Å². The Bertz CT molecular complexity index is 469. The SMILES string of the molecule is CC1(CN)CCN(CC(=O)Nc2cccc(Cl)c2)C1.Cl. The van der Waals surface area contributed by atoms with Crippen LogP contribution < -0.4 is 11.1 Å². The van der Waals surface area contributed by atoms with Gasteiger partial charge in [-0.15, -0.1) is 12.4 Å². The minimum absolute atomic E-state index is 0. The first-order chi connectivity index (χ1) is 9.00. The van der Waals surface area contributed by atoms with Crippen molar-refractivity contribution < 1.29 is 4.79 Å². The molecule has 112 valence electrons. The highest BCUT2D eigenvalue weighted by molar-refractivity contribution is 6.30. The molecule has 1 saturated heterocycles. The summed E-state index contributed by atoms with van der Waals surface area (Å²) in [7, 11) is 0. The monoisotopic (exact) mass is 317 g/mol. The van der Waals surface area contributed by atoms with Gasteiger partial charge in [0.2, 0.25) is 5.91 Å².